The van der Waals surface area contributed by atoms with Crippen LogP contribution in [-0.4, -0.2) is 29.9 Å². The molecule has 0 radical (unpaired) electrons. The van der Waals surface area contributed by atoms with Crippen molar-refractivity contribution in [1.82, 2.24) is 15.6 Å². The quantitative estimate of drug-likeness (QED) is 0.733. The molecule has 2 heterocycles. The Morgan fingerprint density at radius 1 is 1.03 bits per heavy atom. The second kappa shape index (κ2) is 10.8. The lowest BCUT2D eigenvalue weighted by Crippen LogP contribution is -2.32. The number of hydrogen-bond donors (Lipinski definition) is 2. The number of hydrogen-bond acceptors (Lipinski definition) is 4. The summed E-state index contributed by atoms with van der Waals surface area (Å²) in [6, 6.07) is 11.6. The second-order valence-electron chi connectivity index (χ2n) is 8.07. The molecule has 2 amide bonds. The van der Waals surface area contributed by atoms with Crippen LogP contribution in [-0.2, 0) is 16.1 Å². The van der Waals surface area contributed by atoms with E-state index in [0.717, 1.165) is 35.6 Å². The van der Waals surface area contributed by atoms with Gasteiger partial charge in [-0.1, -0.05) is 48.7 Å². The number of aryl methyl sites for hydroxylation is 1. The Balaban J connectivity index is 1.54. The van der Waals surface area contributed by atoms with E-state index in [1.165, 1.54) is 32.6 Å². The molecule has 1 saturated heterocycles. The maximum Gasteiger partial charge on any atom is 0.222 e. The van der Waals surface area contributed by atoms with Crippen molar-refractivity contribution < 1.29 is 9.59 Å². The fraction of sp³-hybridized carbons (Fsp3) is 0.458. The molecule has 0 saturated carbocycles. The topological polar surface area (TPSA) is 74.3 Å². The van der Waals surface area contributed by atoms with E-state index in [0.29, 0.717) is 6.54 Å². The van der Waals surface area contributed by atoms with E-state index in [-0.39, 0.29) is 24.3 Å². The molecule has 0 bridgehead atoms. The SMILES string of the molecule is CC(=O)NC(CC(=O)NCc1ccc(N2CCCCCC2)nc1)c1ccc(C)cc1. The van der Waals surface area contributed by atoms with Gasteiger partial charge in [-0.25, -0.2) is 4.98 Å². The molecule has 1 aliphatic rings. The van der Waals surface area contributed by atoms with Crippen LogP contribution in [0.4, 0.5) is 5.82 Å². The summed E-state index contributed by atoms with van der Waals surface area (Å²) in [7, 11) is 0. The molecule has 0 aliphatic carbocycles. The summed E-state index contributed by atoms with van der Waals surface area (Å²) in [6.07, 6.45) is 7.06. The summed E-state index contributed by atoms with van der Waals surface area (Å²) < 4.78 is 0. The van der Waals surface area contributed by atoms with Crippen molar-refractivity contribution in [2.75, 3.05) is 18.0 Å². The molecule has 6 nitrogen and oxygen atoms in total. The van der Waals surface area contributed by atoms with Crippen LogP contribution in [0.2, 0.25) is 0 Å². The van der Waals surface area contributed by atoms with Crippen LogP contribution >= 0.6 is 0 Å². The van der Waals surface area contributed by atoms with Crippen LogP contribution < -0.4 is 15.5 Å². The van der Waals surface area contributed by atoms with Gasteiger partial charge < -0.3 is 15.5 Å². The van der Waals surface area contributed by atoms with Gasteiger partial charge in [0, 0.05) is 32.8 Å². The first-order valence-corrected chi connectivity index (χ1v) is 10.8. The Morgan fingerprint density at radius 3 is 2.33 bits per heavy atom. The molecule has 1 aromatic heterocycles. The van der Waals surface area contributed by atoms with Crippen LogP contribution in [0.5, 0.6) is 0 Å². The minimum atomic E-state index is -0.341. The van der Waals surface area contributed by atoms with Crippen molar-refractivity contribution in [3.63, 3.8) is 0 Å². The summed E-state index contributed by atoms with van der Waals surface area (Å²) in [6.45, 7) is 6.03. The normalized spacial score (nSPS) is 15.2. The molecule has 1 atom stereocenters. The van der Waals surface area contributed by atoms with Gasteiger partial charge in [0.05, 0.1) is 12.5 Å². The van der Waals surface area contributed by atoms with Crippen LogP contribution in [0.15, 0.2) is 42.6 Å². The Hall–Kier alpha value is -2.89. The first kappa shape index (κ1) is 21.8. The van der Waals surface area contributed by atoms with E-state index in [2.05, 4.69) is 20.5 Å². The third-order valence-electron chi connectivity index (χ3n) is 5.48. The number of nitrogens with zero attached hydrogens (tertiary/aromatic N) is 2. The Morgan fingerprint density at radius 2 is 1.73 bits per heavy atom. The Kier molecular flexibility index (Phi) is 7.82. The first-order chi connectivity index (χ1) is 14.5. The van der Waals surface area contributed by atoms with E-state index >= 15 is 0 Å². The fourth-order valence-corrected chi connectivity index (χ4v) is 3.76. The zero-order chi connectivity index (χ0) is 21.3. The van der Waals surface area contributed by atoms with Gasteiger partial charge in [0.1, 0.15) is 5.82 Å². The van der Waals surface area contributed by atoms with Gasteiger partial charge in [-0.3, -0.25) is 9.59 Å². The molecular weight excluding hydrogens is 376 g/mol. The number of anilines is 1. The van der Waals surface area contributed by atoms with E-state index in [9.17, 15) is 9.59 Å². The number of carbonyl (C=O) groups excluding carboxylic acids is 2. The van der Waals surface area contributed by atoms with Crippen molar-refractivity contribution >= 4 is 17.6 Å². The Labute approximate surface area is 179 Å². The summed E-state index contributed by atoms with van der Waals surface area (Å²) in [4.78, 5) is 31.0. The number of aromatic nitrogens is 1. The molecule has 2 aromatic rings. The lowest BCUT2D eigenvalue weighted by molar-refractivity contribution is -0.122. The summed E-state index contributed by atoms with van der Waals surface area (Å²) in [5.41, 5.74) is 3.03. The van der Waals surface area contributed by atoms with Gasteiger partial charge in [0.25, 0.3) is 0 Å². The van der Waals surface area contributed by atoms with E-state index in [1.807, 2.05) is 49.5 Å². The standard InChI is InChI=1S/C24H32N4O2/c1-18-7-10-21(11-8-18)22(27-19(2)29)15-24(30)26-17-20-9-12-23(25-16-20)28-13-5-3-4-6-14-28/h7-12,16,22H,3-6,13-15,17H2,1-2H3,(H,26,30)(H,27,29). The minimum Gasteiger partial charge on any atom is -0.357 e. The molecule has 1 fully saturated rings. The molecule has 1 unspecified atom stereocenters. The summed E-state index contributed by atoms with van der Waals surface area (Å²) in [5.74, 6) is 0.754. The van der Waals surface area contributed by atoms with Crippen molar-refractivity contribution in [2.45, 2.75) is 58.5 Å². The number of nitrogens with one attached hydrogen (secondary N) is 2. The van der Waals surface area contributed by atoms with Crippen molar-refractivity contribution in [3.05, 3.63) is 59.3 Å². The lowest BCUT2D eigenvalue weighted by atomic mass is 10.0. The van der Waals surface area contributed by atoms with Gasteiger partial charge in [-0.2, -0.15) is 0 Å². The van der Waals surface area contributed by atoms with Crippen LogP contribution in [0.1, 0.15) is 61.8 Å². The summed E-state index contributed by atoms with van der Waals surface area (Å²) >= 11 is 0. The number of amides is 2. The van der Waals surface area contributed by atoms with Crippen molar-refractivity contribution in [2.24, 2.45) is 0 Å². The molecule has 160 valence electrons. The largest absolute Gasteiger partial charge is 0.357 e. The predicted molar refractivity (Wildman–Crippen MR) is 119 cm³/mol. The highest BCUT2D eigenvalue weighted by Gasteiger charge is 2.17. The average molecular weight is 409 g/mol. The second-order valence-corrected chi connectivity index (χ2v) is 8.07. The van der Waals surface area contributed by atoms with Crippen molar-refractivity contribution in [3.8, 4) is 0 Å². The van der Waals surface area contributed by atoms with Gasteiger partial charge in [-0.05, 0) is 37.0 Å². The highest BCUT2D eigenvalue weighted by molar-refractivity contribution is 5.79. The molecule has 0 spiro atoms. The zero-order valence-electron chi connectivity index (χ0n) is 18.0. The molecule has 2 N–H and O–H groups in total. The molecule has 1 aromatic carbocycles. The molecule has 3 rings (SSSR count). The van der Waals surface area contributed by atoms with Crippen LogP contribution in [0.25, 0.3) is 0 Å². The van der Waals surface area contributed by atoms with Gasteiger partial charge in [0.15, 0.2) is 0 Å². The maximum atomic E-state index is 12.5. The van der Waals surface area contributed by atoms with Gasteiger partial charge in [0.2, 0.25) is 11.8 Å². The van der Waals surface area contributed by atoms with Crippen molar-refractivity contribution in [1.29, 1.82) is 0 Å². The zero-order valence-corrected chi connectivity index (χ0v) is 18.0. The molecular formula is C24H32N4O2. The van der Waals surface area contributed by atoms with E-state index in [4.69, 9.17) is 0 Å². The van der Waals surface area contributed by atoms with E-state index < -0.39 is 0 Å². The number of benzene rings is 1. The number of carbonyl (C=O) groups is 2. The molecule has 30 heavy (non-hydrogen) atoms. The maximum absolute atomic E-state index is 12.5. The fourth-order valence-electron chi connectivity index (χ4n) is 3.76. The molecule has 6 heteroatoms. The van der Waals surface area contributed by atoms with E-state index in [1.54, 1.807) is 0 Å². The Bertz CT molecular complexity index is 825. The van der Waals surface area contributed by atoms with Gasteiger partial charge in [-0.15, -0.1) is 0 Å². The third kappa shape index (κ3) is 6.58. The third-order valence-corrected chi connectivity index (χ3v) is 5.48. The predicted octanol–water partition coefficient (Wildman–Crippen LogP) is 3.65. The average Bonchev–Trinajstić information content (AvgIpc) is 3.02. The minimum absolute atomic E-state index is 0.106. The van der Waals surface area contributed by atoms with Crippen LogP contribution in [0, 0.1) is 6.92 Å². The summed E-state index contributed by atoms with van der Waals surface area (Å²) in [5, 5.41) is 5.82. The first-order valence-electron chi connectivity index (χ1n) is 10.8. The van der Waals surface area contributed by atoms with Gasteiger partial charge >= 0.3 is 0 Å². The molecule has 1 aliphatic heterocycles. The number of pyridine rings is 1. The van der Waals surface area contributed by atoms with Crippen LogP contribution in [0.3, 0.4) is 0 Å². The smallest absolute Gasteiger partial charge is 0.222 e. The highest BCUT2D eigenvalue weighted by Crippen LogP contribution is 2.19. The lowest BCUT2D eigenvalue weighted by Gasteiger charge is -2.21. The number of rotatable bonds is 7. The highest BCUT2D eigenvalue weighted by atomic mass is 16.2. The monoisotopic (exact) mass is 408 g/mol.